The maximum Gasteiger partial charge on any atom is 0.129 e. The van der Waals surface area contributed by atoms with Gasteiger partial charge in [0.2, 0.25) is 0 Å². The Bertz CT molecular complexity index is 233. The van der Waals surface area contributed by atoms with Gasteiger partial charge in [-0.3, -0.25) is 0 Å². The summed E-state index contributed by atoms with van der Waals surface area (Å²) in [6, 6.07) is 5.54. The summed E-state index contributed by atoms with van der Waals surface area (Å²) in [4.78, 5) is 0. The zero-order chi connectivity index (χ0) is 7.56. The van der Waals surface area contributed by atoms with E-state index in [1.54, 1.807) is 6.07 Å². The van der Waals surface area contributed by atoms with Gasteiger partial charge in [0, 0.05) is 0 Å². The maximum atomic E-state index is 9.09. The van der Waals surface area contributed by atoms with Crippen LogP contribution in [0.3, 0.4) is 0 Å². The van der Waals surface area contributed by atoms with Crippen LogP contribution >= 0.6 is 15.9 Å². The number of hydrogen-bond donors (Lipinski definition) is 1. The predicted molar refractivity (Wildman–Crippen MR) is 45.2 cm³/mol. The van der Waals surface area contributed by atoms with Crippen molar-refractivity contribution in [2.24, 2.45) is 0 Å². The van der Waals surface area contributed by atoms with E-state index in [1.807, 2.05) is 12.1 Å². The summed E-state index contributed by atoms with van der Waals surface area (Å²) in [6.07, 6.45) is 0.999. The Morgan fingerprint density at radius 3 is 2.70 bits per heavy atom. The van der Waals surface area contributed by atoms with E-state index in [2.05, 4.69) is 22.9 Å². The van der Waals surface area contributed by atoms with Crippen molar-refractivity contribution in [3.05, 3.63) is 28.2 Å². The van der Waals surface area contributed by atoms with Crippen LogP contribution in [0.1, 0.15) is 12.5 Å². The highest BCUT2D eigenvalue weighted by molar-refractivity contribution is 9.10. The van der Waals surface area contributed by atoms with E-state index in [9.17, 15) is 0 Å². The van der Waals surface area contributed by atoms with Gasteiger partial charge in [-0.1, -0.05) is 13.0 Å². The van der Waals surface area contributed by atoms with Crippen molar-refractivity contribution in [2.45, 2.75) is 13.3 Å². The van der Waals surface area contributed by atoms with Gasteiger partial charge in [0.25, 0.3) is 0 Å². The van der Waals surface area contributed by atoms with E-state index in [0.717, 1.165) is 10.9 Å². The summed E-state index contributed by atoms with van der Waals surface area (Å²) in [5, 5.41) is 9.09. The smallest absolute Gasteiger partial charge is 0.129 e. The molecule has 2 heteroatoms. The van der Waals surface area contributed by atoms with Gasteiger partial charge in [0.15, 0.2) is 0 Å². The van der Waals surface area contributed by atoms with E-state index >= 15 is 0 Å². The molecule has 0 aliphatic rings. The highest BCUT2D eigenvalue weighted by Crippen LogP contribution is 2.24. The Balaban J connectivity index is 3.04. The minimum Gasteiger partial charge on any atom is -0.507 e. The van der Waals surface area contributed by atoms with Gasteiger partial charge in [-0.15, -0.1) is 0 Å². The second-order valence-electron chi connectivity index (χ2n) is 2.14. The third kappa shape index (κ3) is 1.51. The summed E-state index contributed by atoms with van der Waals surface area (Å²) < 4.78 is 0.770. The van der Waals surface area contributed by atoms with E-state index < -0.39 is 0 Å². The molecule has 0 unspecified atom stereocenters. The fraction of sp³-hybridized carbons (Fsp3) is 0.250. The van der Waals surface area contributed by atoms with Crippen LogP contribution in [0.2, 0.25) is 0 Å². The first-order valence-corrected chi connectivity index (χ1v) is 4.00. The van der Waals surface area contributed by atoms with E-state index in [-0.39, 0.29) is 0 Å². The molecule has 0 heterocycles. The molecule has 0 fully saturated rings. The summed E-state index contributed by atoms with van der Waals surface area (Å²) in [5.41, 5.74) is 1.23. The van der Waals surface area contributed by atoms with E-state index in [1.165, 1.54) is 5.56 Å². The molecule has 1 aromatic rings. The molecule has 1 nitrogen and oxygen atoms in total. The Hall–Kier alpha value is -0.500. The van der Waals surface area contributed by atoms with Crippen molar-refractivity contribution < 1.29 is 5.11 Å². The van der Waals surface area contributed by atoms with Crippen molar-refractivity contribution in [1.82, 2.24) is 0 Å². The number of rotatable bonds is 1. The molecule has 0 atom stereocenters. The summed E-state index contributed by atoms with van der Waals surface area (Å²) in [5.74, 6) is 0.303. The van der Waals surface area contributed by atoms with Crippen molar-refractivity contribution in [1.29, 1.82) is 0 Å². The van der Waals surface area contributed by atoms with Crippen molar-refractivity contribution >= 4 is 15.9 Å². The van der Waals surface area contributed by atoms with Gasteiger partial charge >= 0.3 is 0 Å². The Kier molecular flexibility index (Phi) is 2.33. The molecule has 54 valence electrons. The van der Waals surface area contributed by atoms with Crippen molar-refractivity contribution in [3.8, 4) is 5.75 Å². The van der Waals surface area contributed by atoms with Crippen molar-refractivity contribution in [2.75, 3.05) is 0 Å². The number of halogens is 1. The molecule has 0 aliphatic carbocycles. The fourth-order valence-corrected chi connectivity index (χ4v) is 1.20. The van der Waals surface area contributed by atoms with Crippen LogP contribution in [-0.2, 0) is 6.42 Å². The number of hydrogen-bond acceptors (Lipinski definition) is 1. The molecule has 0 bridgehead atoms. The molecular weight excluding hydrogens is 192 g/mol. The SMILES string of the molecule is CCc1ccc(O)c(Br)c1. The lowest BCUT2D eigenvalue weighted by molar-refractivity contribution is 0.471. The van der Waals surface area contributed by atoms with Gasteiger partial charge < -0.3 is 5.11 Å². The molecule has 0 saturated heterocycles. The fourth-order valence-electron chi connectivity index (χ4n) is 0.770. The number of benzene rings is 1. The monoisotopic (exact) mass is 200 g/mol. The van der Waals surface area contributed by atoms with Gasteiger partial charge in [-0.05, 0) is 40.0 Å². The first-order valence-electron chi connectivity index (χ1n) is 3.21. The molecule has 10 heavy (non-hydrogen) atoms. The third-order valence-corrected chi connectivity index (χ3v) is 2.06. The molecule has 1 aromatic carbocycles. The lowest BCUT2D eigenvalue weighted by Crippen LogP contribution is -1.78. The van der Waals surface area contributed by atoms with Gasteiger partial charge in [0.05, 0.1) is 4.47 Å². The highest BCUT2D eigenvalue weighted by Gasteiger charge is 1.96. The topological polar surface area (TPSA) is 20.2 Å². The molecule has 0 aliphatic heterocycles. The molecule has 0 aromatic heterocycles. The quantitative estimate of drug-likeness (QED) is 0.740. The first kappa shape index (κ1) is 7.61. The highest BCUT2D eigenvalue weighted by atomic mass is 79.9. The van der Waals surface area contributed by atoms with Crippen LogP contribution in [0.5, 0.6) is 5.75 Å². The zero-order valence-corrected chi connectivity index (χ0v) is 7.35. The number of aromatic hydroxyl groups is 1. The Labute approximate surface area is 68.8 Å². The van der Waals surface area contributed by atoms with Crippen LogP contribution in [0.15, 0.2) is 22.7 Å². The van der Waals surface area contributed by atoms with Crippen LogP contribution in [0, 0.1) is 0 Å². The number of phenols is 1. The Morgan fingerprint density at radius 2 is 2.20 bits per heavy atom. The second kappa shape index (κ2) is 3.06. The maximum absolute atomic E-state index is 9.09. The van der Waals surface area contributed by atoms with Crippen LogP contribution < -0.4 is 0 Å². The van der Waals surface area contributed by atoms with Gasteiger partial charge in [-0.2, -0.15) is 0 Å². The molecular formula is C8H9BrO. The standard InChI is InChI=1S/C8H9BrO/c1-2-6-3-4-8(10)7(9)5-6/h3-5,10H,2H2,1H3. The zero-order valence-electron chi connectivity index (χ0n) is 5.76. The first-order chi connectivity index (χ1) is 4.74. The average molecular weight is 201 g/mol. The molecule has 1 rings (SSSR count). The minimum absolute atomic E-state index is 0.303. The minimum atomic E-state index is 0.303. The summed E-state index contributed by atoms with van der Waals surface area (Å²) >= 11 is 3.24. The average Bonchev–Trinajstić information content (AvgIpc) is 1.95. The lowest BCUT2D eigenvalue weighted by atomic mass is 10.2. The molecule has 0 saturated carbocycles. The van der Waals surface area contributed by atoms with Crippen LogP contribution in [0.4, 0.5) is 0 Å². The second-order valence-corrected chi connectivity index (χ2v) is 2.99. The van der Waals surface area contributed by atoms with Gasteiger partial charge in [-0.25, -0.2) is 0 Å². The normalized spacial score (nSPS) is 9.80. The molecule has 0 spiro atoms. The van der Waals surface area contributed by atoms with Crippen molar-refractivity contribution in [3.63, 3.8) is 0 Å². The third-order valence-electron chi connectivity index (χ3n) is 1.42. The molecule has 0 radical (unpaired) electrons. The lowest BCUT2D eigenvalue weighted by Gasteiger charge is -1.98. The molecule has 1 N–H and O–H groups in total. The van der Waals surface area contributed by atoms with Gasteiger partial charge in [0.1, 0.15) is 5.75 Å². The molecule has 0 amide bonds. The summed E-state index contributed by atoms with van der Waals surface area (Å²) in [7, 11) is 0. The van der Waals surface area contributed by atoms with Crippen LogP contribution in [0.25, 0.3) is 0 Å². The van der Waals surface area contributed by atoms with E-state index in [4.69, 9.17) is 5.11 Å². The predicted octanol–water partition coefficient (Wildman–Crippen LogP) is 2.72. The number of phenolic OH excluding ortho intramolecular Hbond substituents is 1. The Morgan fingerprint density at radius 1 is 1.50 bits per heavy atom. The van der Waals surface area contributed by atoms with E-state index in [0.29, 0.717) is 5.75 Å². The number of aryl methyl sites for hydroxylation is 1. The largest absolute Gasteiger partial charge is 0.507 e. The summed E-state index contributed by atoms with van der Waals surface area (Å²) in [6.45, 7) is 2.08. The van der Waals surface area contributed by atoms with Crippen LogP contribution in [-0.4, -0.2) is 5.11 Å².